The van der Waals surface area contributed by atoms with Crippen LogP contribution in [0.25, 0.3) is 11.1 Å². The van der Waals surface area contributed by atoms with Gasteiger partial charge in [0, 0.05) is 0 Å². The second kappa shape index (κ2) is 4.55. The van der Waals surface area contributed by atoms with Crippen LogP contribution >= 0.6 is 11.6 Å². The van der Waals surface area contributed by atoms with Crippen LogP contribution in [0.5, 0.6) is 11.5 Å². The van der Waals surface area contributed by atoms with Gasteiger partial charge in [-0.05, 0) is 12.1 Å². The molecule has 0 radical (unpaired) electrons. The third kappa shape index (κ3) is 1.89. The van der Waals surface area contributed by atoms with Gasteiger partial charge in [0.1, 0.15) is 11.5 Å². The highest BCUT2D eigenvalue weighted by atomic mass is 35.5. The minimum atomic E-state index is 0.184. The van der Waals surface area contributed by atoms with Gasteiger partial charge in [-0.25, -0.2) is 0 Å². The molecule has 2 aromatic rings. The van der Waals surface area contributed by atoms with Crippen molar-refractivity contribution < 1.29 is 14.0 Å². The summed E-state index contributed by atoms with van der Waals surface area (Å²) in [7, 11) is 3.07. The number of nitrogen functional groups attached to an aromatic ring is 1. The van der Waals surface area contributed by atoms with E-state index in [1.165, 1.54) is 13.3 Å². The summed E-state index contributed by atoms with van der Waals surface area (Å²) in [4.78, 5) is 0. The van der Waals surface area contributed by atoms with Crippen LogP contribution in [0.4, 0.5) is 5.88 Å². The Bertz CT molecular complexity index is 540. The average Bonchev–Trinajstić information content (AvgIpc) is 2.74. The zero-order valence-electron chi connectivity index (χ0n) is 9.36. The first-order valence-electron chi connectivity index (χ1n) is 4.80. The third-order valence-electron chi connectivity index (χ3n) is 2.36. The van der Waals surface area contributed by atoms with Crippen LogP contribution in [-0.2, 0) is 0 Å². The lowest BCUT2D eigenvalue weighted by molar-refractivity contribution is 0.397. The molecule has 0 unspecified atom stereocenters. The van der Waals surface area contributed by atoms with Crippen LogP contribution in [0.3, 0.4) is 0 Å². The Morgan fingerprint density at radius 3 is 2.59 bits per heavy atom. The second-order valence-corrected chi connectivity index (χ2v) is 3.67. The Morgan fingerprint density at radius 2 is 2.06 bits per heavy atom. The Balaban J connectivity index is 2.73. The van der Waals surface area contributed by atoms with Crippen LogP contribution < -0.4 is 15.2 Å². The molecule has 0 amide bonds. The van der Waals surface area contributed by atoms with E-state index >= 15 is 0 Å². The first kappa shape index (κ1) is 11.6. The lowest BCUT2D eigenvalue weighted by atomic mass is 10.1. The van der Waals surface area contributed by atoms with Gasteiger partial charge in [-0.1, -0.05) is 16.8 Å². The van der Waals surface area contributed by atoms with Gasteiger partial charge in [0.25, 0.3) is 0 Å². The van der Waals surface area contributed by atoms with Crippen molar-refractivity contribution >= 4 is 17.5 Å². The third-order valence-corrected chi connectivity index (χ3v) is 2.66. The van der Waals surface area contributed by atoms with Gasteiger partial charge >= 0.3 is 0 Å². The number of nitrogens with zero attached hydrogens (tertiary/aromatic N) is 1. The largest absolute Gasteiger partial charge is 0.496 e. The van der Waals surface area contributed by atoms with Crippen molar-refractivity contribution in [3.8, 4) is 22.6 Å². The summed E-state index contributed by atoms with van der Waals surface area (Å²) in [6, 6.07) is 3.42. The quantitative estimate of drug-likeness (QED) is 0.912. The molecule has 1 aromatic carbocycles. The maximum Gasteiger partial charge on any atom is 0.230 e. The number of hydrogen-bond acceptors (Lipinski definition) is 5. The fraction of sp³-hybridized carbons (Fsp3) is 0.182. The van der Waals surface area contributed by atoms with E-state index in [1.807, 2.05) is 0 Å². The lowest BCUT2D eigenvalue weighted by Crippen LogP contribution is -1.95. The van der Waals surface area contributed by atoms with Crippen molar-refractivity contribution in [3.05, 3.63) is 23.4 Å². The van der Waals surface area contributed by atoms with E-state index in [0.717, 1.165) is 0 Å². The highest BCUT2D eigenvalue weighted by Gasteiger charge is 2.20. The van der Waals surface area contributed by atoms with E-state index in [1.54, 1.807) is 19.2 Å². The highest BCUT2D eigenvalue weighted by molar-refractivity contribution is 6.32. The van der Waals surface area contributed by atoms with Crippen LogP contribution in [0, 0.1) is 0 Å². The van der Waals surface area contributed by atoms with Crippen molar-refractivity contribution in [3.63, 3.8) is 0 Å². The van der Waals surface area contributed by atoms with Crippen molar-refractivity contribution in [2.24, 2.45) is 0 Å². The number of ether oxygens (including phenoxy) is 2. The van der Waals surface area contributed by atoms with E-state index in [4.69, 9.17) is 31.3 Å². The first-order chi connectivity index (χ1) is 8.19. The number of anilines is 1. The Hall–Kier alpha value is -1.88. The molecule has 0 atom stereocenters. The van der Waals surface area contributed by atoms with Crippen LogP contribution in [0.2, 0.25) is 5.02 Å². The summed E-state index contributed by atoms with van der Waals surface area (Å²) in [5.74, 6) is 1.24. The normalized spacial score (nSPS) is 10.3. The molecule has 0 aliphatic rings. The smallest absolute Gasteiger partial charge is 0.230 e. The van der Waals surface area contributed by atoms with Gasteiger partial charge in [0.2, 0.25) is 5.88 Å². The van der Waals surface area contributed by atoms with Crippen LogP contribution in [0.15, 0.2) is 22.9 Å². The molecule has 2 rings (SSSR count). The van der Waals surface area contributed by atoms with Gasteiger partial charge < -0.3 is 19.7 Å². The standard InChI is InChI=1S/C11H11ClN2O3/c1-15-8-4-3-7(12)10(16-2)9(8)6-5-14-17-11(6)13/h3-5H,13H2,1-2H3. The van der Waals surface area contributed by atoms with Gasteiger partial charge in [-0.15, -0.1) is 0 Å². The molecular formula is C11H11ClN2O3. The number of methoxy groups -OCH3 is 2. The molecule has 0 aliphatic carbocycles. The number of hydrogen-bond donors (Lipinski definition) is 1. The van der Waals surface area contributed by atoms with E-state index in [-0.39, 0.29) is 5.88 Å². The Kier molecular flexibility index (Phi) is 3.10. The maximum atomic E-state index is 6.06. The monoisotopic (exact) mass is 254 g/mol. The molecule has 1 heterocycles. The van der Waals surface area contributed by atoms with Crippen molar-refractivity contribution in [2.45, 2.75) is 0 Å². The molecule has 6 heteroatoms. The lowest BCUT2D eigenvalue weighted by Gasteiger charge is -2.13. The summed E-state index contributed by atoms with van der Waals surface area (Å²) in [5.41, 5.74) is 6.90. The predicted octanol–water partition coefficient (Wildman–Crippen LogP) is 2.59. The molecule has 2 N–H and O–H groups in total. The van der Waals surface area contributed by atoms with Crippen LogP contribution in [0.1, 0.15) is 0 Å². The van der Waals surface area contributed by atoms with Crippen molar-refractivity contribution in [1.29, 1.82) is 0 Å². The SMILES string of the molecule is COc1ccc(Cl)c(OC)c1-c1cnoc1N. The number of halogens is 1. The molecule has 5 nitrogen and oxygen atoms in total. The van der Waals surface area contributed by atoms with Gasteiger partial charge in [-0.2, -0.15) is 0 Å². The molecule has 0 bridgehead atoms. The Labute approximate surface area is 103 Å². The average molecular weight is 255 g/mol. The summed E-state index contributed by atoms with van der Waals surface area (Å²) in [6.07, 6.45) is 1.49. The van der Waals surface area contributed by atoms with Gasteiger partial charge in [-0.3, -0.25) is 0 Å². The number of aromatic nitrogens is 1. The molecule has 1 aromatic heterocycles. The molecule has 17 heavy (non-hydrogen) atoms. The van der Waals surface area contributed by atoms with Gasteiger partial charge in [0.05, 0.1) is 36.6 Å². The van der Waals surface area contributed by atoms with Crippen LogP contribution in [-0.4, -0.2) is 19.4 Å². The van der Waals surface area contributed by atoms with Crippen molar-refractivity contribution in [1.82, 2.24) is 5.16 Å². The second-order valence-electron chi connectivity index (χ2n) is 3.26. The fourth-order valence-corrected chi connectivity index (χ4v) is 1.83. The molecule has 0 aliphatic heterocycles. The zero-order chi connectivity index (χ0) is 12.4. The Morgan fingerprint density at radius 1 is 1.29 bits per heavy atom. The topological polar surface area (TPSA) is 70.5 Å². The minimum absolute atomic E-state index is 0.184. The van der Waals surface area contributed by atoms with Crippen molar-refractivity contribution in [2.75, 3.05) is 20.0 Å². The molecule has 90 valence electrons. The molecule has 0 fully saturated rings. The number of rotatable bonds is 3. The molecule has 0 spiro atoms. The summed E-state index contributed by atoms with van der Waals surface area (Å²) >= 11 is 6.06. The highest BCUT2D eigenvalue weighted by Crippen LogP contribution is 2.44. The fourth-order valence-electron chi connectivity index (χ4n) is 1.60. The van der Waals surface area contributed by atoms with E-state index in [0.29, 0.717) is 27.6 Å². The molecule has 0 saturated heterocycles. The number of nitrogens with two attached hydrogens (primary N) is 1. The van der Waals surface area contributed by atoms with E-state index < -0.39 is 0 Å². The van der Waals surface area contributed by atoms with E-state index in [2.05, 4.69) is 5.16 Å². The summed E-state index contributed by atoms with van der Waals surface area (Å²) in [5, 5.41) is 4.09. The predicted molar refractivity (Wildman–Crippen MR) is 64.5 cm³/mol. The van der Waals surface area contributed by atoms with Gasteiger partial charge in [0.15, 0.2) is 0 Å². The molecule has 0 saturated carbocycles. The number of benzene rings is 1. The summed E-state index contributed by atoms with van der Waals surface area (Å²) < 4.78 is 15.3. The van der Waals surface area contributed by atoms with E-state index in [9.17, 15) is 0 Å². The summed E-state index contributed by atoms with van der Waals surface area (Å²) in [6.45, 7) is 0. The molecular weight excluding hydrogens is 244 g/mol. The zero-order valence-corrected chi connectivity index (χ0v) is 10.1. The minimum Gasteiger partial charge on any atom is -0.496 e. The first-order valence-corrected chi connectivity index (χ1v) is 5.17. The maximum absolute atomic E-state index is 6.06.